The molecule has 1 atom stereocenters. The molecule has 3 N–H and O–H groups in total. The predicted molar refractivity (Wildman–Crippen MR) is 79.7 cm³/mol. The summed E-state index contributed by atoms with van der Waals surface area (Å²) in [6.07, 6.45) is 2.51. The number of nitrogens with one attached hydrogen (secondary N) is 1. The van der Waals surface area contributed by atoms with E-state index in [2.05, 4.69) is 22.2 Å². The molecule has 0 spiro atoms. The normalized spacial score (nSPS) is 17.4. The van der Waals surface area contributed by atoms with Gasteiger partial charge in [0.15, 0.2) is 0 Å². The van der Waals surface area contributed by atoms with Gasteiger partial charge in [0, 0.05) is 19.1 Å². The Morgan fingerprint density at radius 2 is 2.10 bits per heavy atom. The van der Waals surface area contributed by atoms with Crippen LogP contribution in [0.5, 0.6) is 0 Å². The van der Waals surface area contributed by atoms with Crippen molar-refractivity contribution < 1.29 is 4.79 Å². The van der Waals surface area contributed by atoms with Gasteiger partial charge in [0.05, 0.1) is 11.4 Å². The molecule has 1 saturated heterocycles. The van der Waals surface area contributed by atoms with Crippen molar-refractivity contribution in [1.82, 2.24) is 20.0 Å². The first-order chi connectivity index (χ1) is 9.54. The Hall–Kier alpha value is -1.56. The first kappa shape index (κ1) is 14.8. The SMILES string of the molecule is CCn1nc(C)c(N)c1C(=O)NCC(C)N1CCCC1. The summed E-state index contributed by atoms with van der Waals surface area (Å²) in [6, 6.07) is 0.363. The second kappa shape index (κ2) is 6.26. The highest BCUT2D eigenvalue weighted by Crippen LogP contribution is 2.16. The highest BCUT2D eigenvalue weighted by Gasteiger charge is 2.22. The van der Waals surface area contributed by atoms with Crippen LogP contribution in [0.3, 0.4) is 0 Å². The Labute approximate surface area is 120 Å². The minimum atomic E-state index is -0.129. The Balaban J connectivity index is 1.98. The number of rotatable bonds is 5. The van der Waals surface area contributed by atoms with Crippen LogP contribution in [-0.4, -0.2) is 46.3 Å². The smallest absolute Gasteiger partial charge is 0.271 e. The monoisotopic (exact) mass is 279 g/mol. The van der Waals surface area contributed by atoms with Gasteiger partial charge in [-0.15, -0.1) is 0 Å². The molecule has 1 aliphatic heterocycles. The highest BCUT2D eigenvalue weighted by molar-refractivity contribution is 5.97. The molecule has 0 radical (unpaired) electrons. The number of hydrogen-bond acceptors (Lipinski definition) is 4. The van der Waals surface area contributed by atoms with Crippen molar-refractivity contribution in [2.45, 2.75) is 46.2 Å². The summed E-state index contributed by atoms with van der Waals surface area (Å²) in [7, 11) is 0. The number of amides is 1. The zero-order chi connectivity index (χ0) is 14.7. The van der Waals surface area contributed by atoms with Gasteiger partial charge in [-0.25, -0.2) is 0 Å². The zero-order valence-corrected chi connectivity index (χ0v) is 12.6. The summed E-state index contributed by atoms with van der Waals surface area (Å²) in [5.41, 5.74) is 7.64. The maximum Gasteiger partial charge on any atom is 0.271 e. The van der Waals surface area contributed by atoms with E-state index in [-0.39, 0.29) is 5.91 Å². The molecule has 1 aromatic heterocycles. The number of carbonyl (C=O) groups excluding carboxylic acids is 1. The van der Waals surface area contributed by atoms with Crippen molar-refractivity contribution in [1.29, 1.82) is 0 Å². The molecule has 112 valence electrons. The number of nitrogen functional groups attached to an aromatic ring is 1. The average molecular weight is 279 g/mol. The quantitative estimate of drug-likeness (QED) is 0.843. The second-order valence-electron chi connectivity index (χ2n) is 5.47. The molecule has 0 saturated carbocycles. The summed E-state index contributed by atoms with van der Waals surface area (Å²) in [5, 5.41) is 7.26. The van der Waals surface area contributed by atoms with Gasteiger partial charge in [-0.05, 0) is 46.7 Å². The molecule has 2 heterocycles. The summed E-state index contributed by atoms with van der Waals surface area (Å²) >= 11 is 0. The van der Waals surface area contributed by atoms with Crippen LogP contribution in [0.4, 0.5) is 5.69 Å². The average Bonchev–Trinajstić information content (AvgIpc) is 3.05. The Morgan fingerprint density at radius 1 is 1.45 bits per heavy atom. The van der Waals surface area contributed by atoms with Crippen molar-refractivity contribution in [3.63, 3.8) is 0 Å². The lowest BCUT2D eigenvalue weighted by molar-refractivity contribution is 0.0930. The highest BCUT2D eigenvalue weighted by atomic mass is 16.2. The van der Waals surface area contributed by atoms with E-state index in [1.807, 2.05) is 13.8 Å². The molecule has 1 aromatic rings. The maximum absolute atomic E-state index is 12.3. The van der Waals surface area contributed by atoms with E-state index >= 15 is 0 Å². The fourth-order valence-corrected chi connectivity index (χ4v) is 2.70. The summed E-state index contributed by atoms with van der Waals surface area (Å²) < 4.78 is 1.67. The number of nitrogens with zero attached hydrogens (tertiary/aromatic N) is 3. The minimum absolute atomic E-state index is 0.129. The summed E-state index contributed by atoms with van der Waals surface area (Å²) in [6.45, 7) is 9.48. The van der Waals surface area contributed by atoms with Crippen LogP contribution >= 0.6 is 0 Å². The lowest BCUT2D eigenvalue weighted by Crippen LogP contribution is -2.41. The van der Waals surface area contributed by atoms with Gasteiger partial charge in [0.1, 0.15) is 5.69 Å². The van der Waals surface area contributed by atoms with Crippen LogP contribution in [0.25, 0.3) is 0 Å². The number of anilines is 1. The van der Waals surface area contributed by atoms with Gasteiger partial charge in [-0.1, -0.05) is 0 Å². The molecule has 6 heteroatoms. The Bertz CT molecular complexity index is 476. The third-order valence-corrected chi connectivity index (χ3v) is 4.01. The van der Waals surface area contributed by atoms with E-state index in [1.165, 1.54) is 12.8 Å². The molecule has 0 aliphatic carbocycles. The molecule has 1 unspecified atom stereocenters. The molecule has 1 amide bonds. The fraction of sp³-hybridized carbons (Fsp3) is 0.714. The van der Waals surface area contributed by atoms with E-state index in [0.29, 0.717) is 36.2 Å². The standard InChI is InChI=1S/C14H25N5O/c1-4-19-13(12(15)11(3)17-19)14(20)16-9-10(2)18-7-5-6-8-18/h10H,4-9,15H2,1-3H3,(H,16,20). The molecule has 20 heavy (non-hydrogen) atoms. The predicted octanol–water partition coefficient (Wildman–Crippen LogP) is 1.01. The van der Waals surface area contributed by atoms with Gasteiger partial charge in [-0.3, -0.25) is 14.4 Å². The van der Waals surface area contributed by atoms with Crippen molar-refractivity contribution in [3.8, 4) is 0 Å². The van der Waals surface area contributed by atoms with Gasteiger partial charge in [-0.2, -0.15) is 5.10 Å². The van der Waals surface area contributed by atoms with Crippen LogP contribution in [0.2, 0.25) is 0 Å². The Morgan fingerprint density at radius 3 is 2.70 bits per heavy atom. The van der Waals surface area contributed by atoms with E-state index in [1.54, 1.807) is 4.68 Å². The molecule has 0 bridgehead atoms. The lowest BCUT2D eigenvalue weighted by Gasteiger charge is -2.23. The zero-order valence-electron chi connectivity index (χ0n) is 12.6. The molecular formula is C14H25N5O. The number of likely N-dealkylation sites (tertiary alicyclic amines) is 1. The van der Waals surface area contributed by atoms with Crippen molar-refractivity contribution >= 4 is 11.6 Å². The minimum Gasteiger partial charge on any atom is -0.395 e. The van der Waals surface area contributed by atoms with E-state index < -0.39 is 0 Å². The van der Waals surface area contributed by atoms with Crippen LogP contribution in [0.15, 0.2) is 0 Å². The van der Waals surface area contributed by atoms with Crippen LogP contribution in [0.1, 0.15) is 42.9 Å². The molecule has 1 fully saturated rings. The fourth-order valence-electron chi connectivity index (χ4n) is 2.70. The van der Waals surface area contributed by atoms with Crippen LogP contribution < -0.4 is 11.1 Å². The van der Waals surface area contributed by atoms with Crippen LogP contribution in [0, 0.1) is 6.92 Å². The molecule has 2 rings (SSSR count). The van der Waals surface area contributed by atoms with Gasteiger partial charge >= 0.3 is 0 Å². The lowest BCUT2D eigenvalue weighted by atomic mass is 10.2. The molecule has 1 aliphatic rings. The number of nitrogens with two attached hydrogens (primary N) is 1. The van der Waals surface area contributed by atoms with Crippen molar-refractivity contribution in [2.75, 3.05) is 25.4 Å². The maximum atomic E-state index is 12.3. The van der Waals surface area contributed by atoms with Gasteiger partial charge < -0.3 is 11.1 Å². The molecular weight excluding hydrogens is 254 g/mol. The number of aromatic nitrogens is 2. The van der Waals surface area contributed by atoms with Crippen LogP contribution in [-0.2, 0) is 6.54 Å². The van der Waals surface area contributed by atoms with Crippen molar-refractivity contribution in [2.24, 2.45) is 0 Å². The third kappa shape index (κ3) is 2.95. The second-order valence-corrected chi connectivity index (χ2v) is 5.47. The van der Waals surface area contributed by atoms with Gasteiger partial charge in [0.25, 0.3) is 5.91 Å². The largest absolute Gasteiger partial charge is 0.395 e. The third-order valence-electron chi connectivity index (χ3n) is 4.01. The first-order valence-corrected chi connectivity index (χ1v) is 7.39. The van der Waals surface area contributed by atoms with Gasteiger partial charge in [0.2, 0.25) is 0 Å². The number of aryl methyl sites for hydroxylation is 2. The molecule has 0 aromatic carbocycles. The number of carbonyl (C=O) groups is 1. The van der Waals surface area contributed by atoms with E-state index in [9.17, 15) is 4.79 Å². The summed E-state index contributed by atoms with van der Waals surface area (Å²) in [4.78, 5) is 14.7. The van der Waals surface area contributed by atoms with E-state index in [4.69, 9.17) is 5.73 Å². The topological polar surface area (TPSA) is 76.2 Å². The summed E-state index contributed by atoms with van der Waals surface area (Å²) in [5.74, 6) is -0.129. The van der Waals surface area contributed by atoms with E-state index in [0.717, 1.165) is 13.1 Å². The van der Waals surface area contributed by atoms with Crippen molar-refractivity contribution in [3.05, 3.63) is 11.4 Å². The first-order valence-electron chi connectivity index (χ1n) is 7.39. The number of hydrogen-bond donors (Lipinski definition) is 2. The Kier molecular flexibility index (Phi) is 4.65. The molecule has 6 nitrogen and oxygen atoms in total.